The van der Waals surface area contributed by atoms with E-state index in [-0.39, 0.29) is 37.9 Å². The lowest BCUT2D eigenvalue weighted by atomic mass is 10.1. The summed E-state index contributed by atoms with van der Waals surface area (Å²) in [5.74, 6) is -0.300. The number of benzene rings is 2. The Kier molecular flexibility index (Phi) is 8.79. The molecule has 0 aliphatic carbocycles. The van der Waals surface area contributed by atoms with Gasteiger partial charge < -0.3 is 10.0 Å². The lowest BCUT2D eigenvalue weighted by Crippen LogP contribution is -2.37. The first kappa shape index (κ1) is 23.9. The van der Waals surface area contributed by atoms with Crippen molar-refractivity contribution in [1.29, 1.82) is 0 Å². The molecule has 0 bridgehead atoms. The number of thioether (sulfide) groups is 1. The Morgan fingerprint density at radius 3 is 2.44 bits per heavy atom. The van der Waals surface area contributed by atoms with E-state index in [2.05, 4.69) is 0 Å². The molecule has 1 aliphatic heterocycles. The Morgan fingerprint density at radius 2 is 1.78 bits per heavy atom. The minimum absolute atomic E-state index is 0.116. The second kappa shape index (κ2) is 11.8. The molecule has 0 atom stereocenters. The summed E-state index contributed by atoms with van der Waals surface area (Å²) < 4.78 is 0.457. The van der Waals surface area contributed by atoms with Crippen LogP contribution < -0.4 is 0 Å². The molecule has 0 radical (unpaired) electrons. The lowest BCUT2D eigenvalue weighted by molar-refractivity contribution is -0.132. The molecule has 166 valence electrons. The Labute approximate surface area is 198 Å². The molecule has 2 aromatic carbocycles. The van der Waals surface area contributed by atoms with Crippen LogP contribution in [0, 0.1) is 0 Å². The normalized spacial score (nSPS) is 15.5. The summed E-state index contributed by atoms with van der Waals surface area (Å²) >= 11 is 6.65. The number of hydrogen-bond acceptors (Lipinski definition) is 5. The third-order valence-corrected chi connectivity index (χ3v) is 6.29. The SMILES string of the molecule is CC(/C=C1\SC(=S)N(CCC(=O)N(CCO)Cc2ccccc2)C1=O)=C\c1ccccc1. The van der Waals surface area contributed by atoms with Crippen molar-refractivity contribution in [2.75, 3.05) is 19.7 Å². The first-order chi connectivity index (χ1) is 15.5. The molecule has 0 aromatic heterocycles. The van der Waals surface area contributed by atoms with E-state index >= 15 is 0 Å². The van der Waals surface area contributed by atoms with Gasteiger partial charge in [0.05, 0.1) is 11.5 Å². The molecule has 1 heterocycles. The highest BCUT2D eigenvalue weighted by Gasteiger charge is 2.32. The van der Waals surface area contributed by atoms with E-state index in [1.54, 1.807) is 4.90 Å². The van der Waals surface area contributed by atoms with Crippen molar-refractivity contribution in [2.45, 2.75) is 19.9 Å². The second-order valence-corrected chi connectivity index (χ2v) is 9.08. The number of carbonyl (C=O) groups excluding carboxylic acids is 2. The number of aliphatic hydroxyl groups is 1. The van der Waals surface area contributed by atoms with Crippen molar-refractivity contribution >= 4 is 46.2 Å². The third kappa shape index (κ3) is 6.63. The van der Waals surface area contributed by atoms with Gasteiger partial charge in [0.15, 0.2) is 0 Å². The third-order valence-electron chi connectivity index (χ3n) is 4.91. The van der Waals surface area contributed by atoms with Crippen LogP contribution in [0.1, 0.15) is 24.5 Å². The Bertz CT molecular complexity index is 1020. The number of hydrogen-bond donors (Lipinski definition) is 1. The van der Waals surface area contributed by atoms with Crippen molar-refractivity contribution in [2.24, 2.45) is 0 Å². The summed E-state index contributed by atoms with van der Waals surface area (Å²) in [5.41, 5.74) is 3.00. The van der Waals surface area contributed by atoms with Gasteiger partial charge in [0, 0.05) is 26.1 Å². The molecule has 0 saturated carbocycles. The molecule has 1 fully saturated rings. The fourth-order valence-corrected chi connectivity index (χ4v) is 4.69. The standard InChI is InChI=1S/C25H26N2O3S2/c1-19(16-20-8-4-2-5-9-20)17-22-24(30)27(25(31)32-22)13-12-23(29)26(14-15-28)18-21-10-6-3-7-11-21/h2-11,16-17,28H,12-15,18H2,1H3/b19-16+,22-17-. The van der Waals surface area contributed by atoms with Crippen LogP contribution in [0.3, 0.4) is 0 Å². The predicted octanol–water partition coefficient (Wildman–Crippen LogP) is 4.25. The molecule has 0 unspecified atom stereocenters. The Hall–Kier alpha value is -2.74. The number of nitrogens with zero attached hydrogens (tertiary/aromatic N) is 2. The van der Waals surface area contributed by atoms with Gasteiger partial charge in [-0.1, -0.05) is 90.7 Å². The Morgan fingerprint density at radius 1 is 1.12 bits per heavy atom. The molecule has 1 N–H and O–H groups in total. The predicted molar refractivity (Wildman–Crippen MR) is 134 cm³/mol. The number of aliphatic hydroxyl groups excluding tert-OH is 1. The fourth-order valence-electron chi connectivity index (χ4n) is 3.34. The quantitative estimate of drug-likeness (QED) is 0.442. The molecule has 7 heteroatoms. The van der Waals surface area contributed by atoms with Crippen LogP contribution >= 0.6 is 24.0 Å². The number of carbonyl (C=O) groups is 2. The molecule has 32 heavy (non-hydrogen) atoms. The second-order valence-electron chi connectivity index (χ2n) is 7.41. The molecule has 0 spiro atoms. The summed E-state index contributed by atoms with van der Waals surface area (Å²) in [6, 6.07) is 19.5. The van der Waals surface area contributed by atoms with E-state index in [0.717, 1.165) is 16.7 Å². The van der Waals surface area contributed by atoms with E-state index in [4.69, 9.17) is 12.2 Å². The van der Waals surface area contributed by atoms with Gasteiger partial charge >= 0.3 is 0 Å². The molecular formula is C25H26N2O3S2. The summed E-state index contributed by atoms with van der Waals surface area (Å²) in [7, 11) is 0. The van der Waals surface area contributed by atoms with Crippen LogP contribution in [0.25, 0.3) is 6.08 Å². The average molecular weight is 467 g/mol. The van der Waals surface area contributed by atoms with Crippen LogP contribution in [0.15, 0.2) is 77.2 Å². The van der Waals surface area contributed by atoms with Crippen LogP contribution in [0.5, 0.6) is 0 Å². The first-order valence-corrected chi connectivity index (χ1v) is 11.6. The van der Waals surface area contributed by atoms with Crippen molar-refractivity contribution < 1.29 is 14.7 Å². The van der Waals surface area contributed by atoms with Crippen molar-refractivity contribution in [1.82, 2.24) is 9.80 Å². The maximum atomic E-state index is 12.9. The average Bonchev–Trinajstić information content (AvgIpc) is 3.05. The van der Waals surface area contributed by atoms with Crippen molar-refractivity contribution in [3.63, 3.8) is 0 Å². The zero-order valence-corrected chi connectivity index (χ0v) is 19.6. The Balaban J connectivity index is 1.62. The van der Waals surface area contributed by atoms with Crippen LogP contribution in [0.2, 0.25) is 0 Å². The van der Waals surface area contributed by atoms with Crippen LogP contribution in [-0.4, -0.2) is 50.7 Å². The molecular weight excluding hydrogens is 440 g/mol. The molecule has 2 amide bonds. The van der Waals surface area contributed by atoms with Gasteiger partial charge in [-0.15, -0.1) is 0 Å². The van der Waals surface area contributed by atoms with Gasteiger partial charge in [-0.2, -0.15) is 0 Å². The molecule has 1 aliphatic rings. The topological polar surface area (TPSA) is 60.9 Å². The van der Waals surface area contributed by atoms with Gasteiger partial charge in [-0.05, 0) is 29.7 Å². The number of rotatable bonds is 9. The minimum Gasteiger partial charge on any atom is -0.395 e. The smallest absolute Gasteiger partial charge is 0.266 e. The van der Waals surface area contributed by atoms with Gasteiger partial charge in [0.1, 0.15) is 4.32 Å². The van der Waals surface area contributed by atoms with E-state index < -0.39 is 0 Å². The highest BCUT2D eigenvalue weighted by Crippen LogP contribution is 2.32. The maximum absolute atomic E-state index is 12.9. The van der Waals surface area contributed by atoms with Gasteiger partial charge in [0.2, 0.25) is 5.91 Å². The molecule has 3 rings (SSSR count). The summed E-state index contributed by atoms with van der Waals surface area (Å²) in [4.78, 5) is 29.3. The van der Waals surface area contributed by atoms with Crippen molar-refractivity contribution in [3.8, 4) is 0 Å². The van der Waals surface area contributed by atoms with E-state index in [0.29, 0.717) is 15.8 Å². The number of thiocarbonyl (C=S) groups is 1. The summed E-state index contributed by atoms with van der Waals surface area (Å²) in [6.45, 7) is 2.71. The van der Waals surface area contributed by atoms with E-state index in [1.807, 2.05) is 79.7 Å². The molecule has 1 saturated heterocycles. The monoisotopic (exact) mass is 466 g/mol. The zero-order chi connectivity index (χ0) is 22.9. The number of amides is 2. The molecule has 5 nitrogen and oxygen atoms in total. The summed E-state index contributed by atoms with van der Waals surface area (Å²) in [6.07, 6.45) is 3.99. The largest absolute Gasteiger partial charge is 0.395 e. The number of allylic oxidation sites excluding steroid dienone is 2. The minimum atomic E-state index is -0.176. The highest BCUT2D eigenvalue weighted by atomic mass is 32.2. The highest BCUT2D eigenvalue weighted by molar-refractivity contribution is 8.26. The van der Waals surface area contributed by atoms with E-state index in [9.17, 15) is 14.7 Å². The zero-order valence-electron chi connectivity index (χ0n) is 17.9. The lowest BCUT2D eigenvalue weighted by Gasteiger charge is -2.23. The first-order valence-electron chi connectivity index (χ1n) is 10.4. The van der Waals surface area contributed by atoms with E-state index in [1.165, 1.54) is 16.7 Å². The van der Waals surface area contributed by atoms with Gasteiger partial charge in [-0.25, -0.2) is 0 Å². The fraction of sp³-hybridized carbons (Fsp3) is 0.240. The van der Waals surface area contributed by atoms with Crippen LogP contribution in [0.4, 0.5) is 0 Å². The van der Waals surface area contributed by atoms with Gasteiger partial charge in [-0.3, -0.25) is 14.5 Å². The summed E-state index contributed by atoms with van der Waals surface area (Å²) in [5, 5.41) is 9.36. The maximum Gasteiger partial charge on any atom is 0.266 e. The van der Waals surface area contributed by atoms with Crippen LogP contribution in [-0.2, 0) is 16.1 Å². The van der Waals surface area contributed by atoms with Crippen molar-refractivity contribution in [3.05, 3.63) is 88.3 Å². The molecule has 2 aromatic rings. The van der Waals surface area contributed by atoms with Gasteiger partial charge in [0.25, 0.3) is 5.91 Å².